The second-order valence-electron chi connectivity index (χ2n) is 6.48. The summed E-state index contributed by atoms with van der Waals surface area (Å²) < 4.78 is 21.8. The molecule has 7 nitrogen and oxygen atoms in total. The van der Waals surface area contributed by atoms with Gasteiger partial charge < -0.3 is 29.6 Å². The molecule has 1 heterocycles. The Morgan fingerprint density at radius 3 is 2.62 bits per heavy atom. The number of benzene rings is 2. The minimum Gasteiger partial charge on any atom is -0.493 e. The number of nitrogens with zero attached hydrogens (tertiary/aromatic N) is 1. The zero-order valence-electron chi connectivity index (χ0n) is 17.3. The minimum atomic E-state index is 0.296. The van der Waals surface area contributed by atoms with Crippen LogP contribution in [0.15, 0.2) is 41.4 Å². The van der Waals surface area contributed by atoms with Crippen molar-refractivity contribution in [3.63, 3.8) is 0 Å². The first-order valence-electron chi connectivity index (χ1n) is 9.94. The van der Waals surface area contributed by atoms with E-state index in [-0.39, 0.29) is 0 Å². The Kier molecular flexibility index (Phi) is 7.44. The van der Waals surface area contributed by atoms with E-state index in [2.05, 4.69) is 28.6 Å². The molecule has 0 amide bonds. The van der Waals surface area contributed by atoms with E-state index in [1.807, 2.05) is 37.3 Å². The maximum Gasteiger partial charge on any atom is 0.231 e. The maximum atomic E-state index is 5.57. The summed E-state index contributed by atoms with van der Waals surface area (Å²) in [5, 5.41) is 6.66. The van der Waals surface area contributed by atoms with E-state index in [0.29, 0.717) is 19.9 Å². The number of ether oxygens (including phenoxy) is 4. The molecule has 0 saturated heterocycles. The normalized spacial score (nSPS) is 12.6. The number of fused-ring (bicyclic) bond motifs is 1. The molecule has 29 heavy (non-hydrogen) atoms. The molecule has 0 bridgehead atoms. The van der Waals surface area contributed by atoms with Crippen molar-refractivity contribution in [1.82, 2.24) is 10.6 Å². The molecule has 1 aliphatic heterocycles. The zero-order chi connectivity index (χ0) is 20.5. The fourth-order valence-electron chi connectivity index (χ4n) is 3.02. The SMILES string of the molecule is CCNC(=NCc1ccc(OCC)c(OC)c1)NCCc1ccc2c(c1)OCO2. The number of guanidine groups is 1. The van der Waals surface area contributed by atoms with Gasteiger partial charge in [0.05, 0.1) is 20.3 Å². The lowest BCUT2D eigenvalue weighted by Gasteiger charge is -2.13. The average molecular weight is 399 g/mol. The van der Waals surface area contributed by atoms with Crippen LogP contribution >= 0.6 is 0 Å². The molecular formula is C22H29N3O4. The van der Waals surface area contributed by atoms with Crippen LogP contribution in [-0.4, -0.2) is 39.6 Å². The van der Waals surface area contributed by atoms with Gasteiger partial charge in [-0.2, -0.15) is 0 Å². The predicted octanol–water partition coefficient (Wildman–Crippen LogP) is 3.12. The molecule has 0 fully saturated rings. The third kappa shape index (κ3) is 5.70. The highest BCUT2D eigenvalue weighted by Gasteiger charge is 2.13. The molecule has 0 aliphatic carbocycles. The van der Waals surface area contributed by atoms with Crippen LogP contribution in [0.1, 0.15) is 25.0 Å². The van der Waals surface area contributed by atoms with E-state index in [1.54, 1.807) is 7.11 Å². The van der Waals surface area contributed by atoms with Crippen LogP contribution in [0, 0.1) is 0 Å². The third-order valence-electron chi connectivity index (χ3n) is 4.43. The summed E-state index contributed by atoms with van der Waals surface area (Å²) in [6, 6.07) is 11.9. The van der Waals surface area contributed by atoms with E-state index in [1.165, 1.54) is 5.56 Å². The van der Waals surface area contributed by atoms with Crippen molar-refractivity contribution in [2.75, 3.05) is 33.6 Å². The summed E-state index contributed by atoms with van der Waals surface area (Å²) >= 11 is 0. The van der Waals surface area contributed by atoms with Crippen molar-refractivity contribution >= 4 is 5.96 Å². The maximum absolute atomic E-state index is 5.57. The van der Waals surface area contributed by atoms with Crippen LogP contribution in [-0.2, 0) is 13.0 Å². The highest BCUT2D eigenvalue weighted by molar-refractivity contribution is 5.79. The van der Waals surface area contributed by atoms with Crippen LogP contribution in [0.3, 0.4) is 0 Å². The van der Waals surface area contributed by atoms with Crippen molar-refractivity contribution in [3.05, 3.63) is 47.5 Å². The first kappa shape index (κ1) is 20.6. The Morgan fingerprint density at radius 1 is 1.00 bits per heavy atom. The van der Waals surface area contributed by atoms with Crippen molar-refractivity contribution in [2.24, 2.45) is 4.99 Å². The summed E-state index contributed by atoms with van der Waals surface area (Å²) in [5.41, 5.74) is 2.24. The van der Waals surface area contributed by atoms with Gasteiger partial charge in [-0.1, -0.05) is 12.1 Å². The Balaban J connectivity index is 1.56. The molecule has 156 valence electrons. The van der Waals surface area contributed by atoms with E-state index in [0.717, 1.165) is 54.0 Å². The summed E-state index contributed by atoms with van der Waals surface area (Å²) in [6.07, 6.45) is 0.859. The zero-order valence-corrected chi connectivity index (χ0v) is 17.3. The Hall–Kier alpha value is -3.09. The van der Waals surface area contributed by atoms with Gasteiger partial charge in [0.15, 0.2) is 29.0 Å². The van der Waals surface area contributed by atoms with Gasteiger partial charge in [0.25, 0.3) is 0 Å². The lowest BCUT2D eigenvalue weighted by molar-refractivity contribution is 0.174. The van der Waals surface area contributed by atoms with Gasteiger partial charge in [0.1, 0.15) is 0 Å². The molecule has 2 N–H and O–H groups in total. The molecule has 7 heteroatoms. The molecule has 0 radical (unpaired) electrons. The highest BCUT2D eigenvalue weighted by Crippen LogP contribution is 2.32. The number of aliphatic imine (C=N–C) groups is 1. The Bertz CT molecular complexity index is 839. The molecule has 1 aliphatic rings. The van der Waals surface area contributed by atoms with Gasteiger partial charge in [0, 0.05) is 13.1 Å². The summed E-state index contributed by atoms with van der Waals surface area (Å²) in [5.74, 6) is 3.87. The molecule has 0 unspecified atom stereocenters. The van der Waals surface area contributed by atoms with E-state index in [9.17, 15) is 0 Å². The predicted molar refractivity (Wildman–Crippen MR) is 113 cm³/mol. The van der Waals surface area contributed by atoms with Gasteiger partial charge >= 0.3 is 0 Å². The molecule has 0 aromatic heterocycles. The quantitative estimate of drug-likeness (QED) is 0.499. The number of hydrogen-bond acceptors (Lipinski definition) is 5. The molecule has 3 rings (SSSR count). The van der Waals surface area contributed by atoms with Gasteiger partial charge in [-0.15, -0.1) is 0 Å². The van der Waals surface area contributed by atoms with E-state index < -0.39 is 0 Å². The lowest BCUT2D eigenvalue weighted by atomic mass is 10.1. The van der Waals surface area contributed by atoms with Crippen LogP contribution in [0.25, 0.3) is 0 Å². The average Bonchev–Trinajstić information content (AvgIpc) is 3.21. The smallest absolute Gasteiger partial charge is 0.231 e. The first-order valence-corrected chi connectivity index (χ1v) is 9.94. The second kappa shape index (κ2) is 10.5. The van der Waals surface area contributed by atoms with Crippen LogP contribution in [0.5, 0.6) is 23.0 Å². The van der Waals surface area contributed by atoms with Crippen LogP contribution in [0.4, 0.5) is 0 Å². The fourth-order valence-corrected chi connectivity index (χ4v) is 3.02. The third-order valence-corrected chi connectivity index (χ3v) is 4.43. The van der Waals surface area contributed by atoms with Gasteiger partial charge in [-0.25, -0.2) is 4.99 Å². The van der Waals surface area contributed by atoms with Crippen molar-refractivity contribution < 1.29 is 18.9 Å². The van der Waals surface area contributed by atoms with Crippen molar-refractivity contribution in [3.8, 4) is 23.0 Å². The van der Waals surface area contributed by atoms with E-state index >= 15 is 0 Å². The van der Waals surface area contributed by atoms with Gasteiger partial charge in [0.2, 0.25) is 6.79 Å². The number of rotatable bonds is 9. The van der Waals surface area contributed by atoms with E-state index in [4.69, 9.17) is 18.9 Å². The number of nitrogens with one attached hydrogen (secondary N) is 2. The standard InChI is InChI=1S/C22H29N3O4/c1-4-23-22(24-11-10-16-6-8-19-21(12-16)29-15-28-19)25-14-17-7-9-18(27-5-2)20(13-17)26-3/h6-9,12-13H,4-5,10-11,14-15H2,1-3H3,(H2,23,24,25). The largest absolute Gasteiger partial charge is 0.493 e. The lowest BCUT2D eigenvalue weighted by Crippen LogP contribution is -2.38. The molecule has 0 saturated carbocycles. The second-order valence-corrected chi connectivity index (χ2v) is 6.48. The summed E-state index contributed by atoms with van der Waals surface area (Å²) in [7, 11) is 1.65. The van der Waals surface area contributed by atoms with Crippen LogP contribution in [0.2, 0.25) is 0 Å². The Morgan fingerprint density at radius 2 is 1.83 bits per heavy atom. The molecule has 0 spiro atoms. The van der Waals surface area contributed by atoms with Crippen LogP contribution < -0.4 is 29.6 Å². The number of hydrogen-bond donors (Lipinski definition) is 2. The number of methoxy groups -OCH3 is 1. The summed E-state index contributed by atoms with van der Waals surface area (Å²) in [4.78, 5) is 4.68. The minimum absolute atomic E-state index is 0.296. The molecule has 2 aromatic rings. The highest BCUT2D eigenvalue weighted by atomic mass is 16.7. The van der Waals surface area contributed by atoms with Crippen molar-refractivity contribution in [1.29, 1.82) is 0 Å². The topological polar surface area (TPSA) is 73.3 Å². The molecule has 0 atom stereocenters. The molecular weight excluding hydrogens is 370 g/mol. The monoisotopic (exact) mass is 399 g/mol. The molecule has 2 aromatic carbocycles. The van der Waals surface area contributed by atoms with Crippen molar-refractivity contribution in [2.45, 2.75) is 26.8 Å². The van der Waals surface area contributed by atoms with Gasteiger partial charge in [-0.05, 0) is 55.7 Å². The first-order chi connectivity index (χ1) is 14.2. The van der Waals surface area contributed by atoms with Gasteiger partial charge in [-0.3, -0.25) is 0 Å². The Labute approximate surface area is 172 Å². The fraction of sp³-hybridized carbons (Fsp3) is 0.409. The summed E-state index contributed by atoms with van der Waals surface area (Å²) in [6.45, 7) is 7.00.